The molecule has 0 aliphatic rings. The molecule has 3 aromatic rings. The summed E-state index contributed by atoms with van der Waals surface area (Å²) in [6.45, 7) is 8.45. The lowest BCUT2D eigenvalue weighted by molar-refractivity contribution is 0.320. The molecule has 0 aliphatic carbocycles. The van der Waals surface area contributed by atoms with E-state index in [2.05, 4.69) is 11.6 Å². The summed E-state index contributed by atoms with van der Waals surface area (Å²) in [7, 11) is 0. The minimum Gasteiger partial charge on any atom is -0.493 e. The number of allylic oxidation sites excluding steroid dienone is 1. The number of aryl methyl sites for hydroxylation is 1. The second-order valence-electron chi connectivity index (χ2n) is 5.79. The van der Waals surface area contributed by atoms with Gasteiger partial charge in [-0.3, -0.25) is 0 Å². The zero-order valence-corrected chi connectivity index (χ0v) is 14.1. The quantitative estimate of drug-likeness (QED) is 0.618. The van der Waals surface area contributed by atoms with Crippen molar-refractivity contribution < 1.29 is 9.15 Å². The SMILES string of the molecule is C=C(C)c1cccc(OCCc2nc(-c3ccccc3)oc2C)c1. The number of aromatic nitrogens is 1. The molecule has 24 heavy (non-hydrogen) atoms. The van der Waals surface area contributed by atoms with Crippen molar-refractivity contribution in [3.05, 3.63) is 78.2 Å². The van der Waals surface area contributed by atoms with Gasteiger partial charge in [-0.25, -0.2) is 4.98 Å². The number of oxazole rings is 1. The van der Waals surface area contributed by atoms with Crippen LogP contribution in [-0.4, -0.2) is 11.6 Å². The Labute approximate surface area is 142 Å². The number of rotatable bonds is 6. The van der Waals surface area contributed by atoms with Gasteiger partial charge in [0.05, 0.1) is 12.3 Å². The van der Waals surface area contributed by atoms with E-state index in [0.717, 1.165) is 33.9 Å². The Morgan fingerprint density at radius 1 is 1.12 bits per heavy atom. The predicted molar refractivity (Wildman–Crippen MR) is 97.0 cm³/mol. The molecule has 0 amide bonds. The maximum atomic E-state index is 5.85. The molecule has 0 radical (unpaired) electrons. The van der Waals surface area contributed by atoms with Gasteiger partial charge in [-0.1, -0.05) is 42.5 Å². The average molecular weight is 319 g/mol. The van der Waals surface area contributed by atoms with Gasteiger partial charge in [0.15, 0.2) is 0 Å². The van der Waals surface area contributed by atoms with Crippen LogP contribution in [0.1, 0.15) is 23.9 Å². The van der Waals surface area contributed by atoms with Crippen LogP contribution in [-0.2, 0) is 6.42 Å². The summed E-state index contributed by atoms with van der Waals surface area (Å²) in [6, 6.07) is 17.9. The minimum absolute atomic E-state index is 0.557. The summed E-state index contributed by atoms with van der Waals surface area (Å²) in [4.78, 5) is 4.60. The first kappa shape index (κ1) is 16.1. The molecule has 0 atom stereocenters. The fourth-order valence-corrected chi connectivity index (χ4v) is 2.48. The van der Waals surface area contributed by atoms with E-state index >= 15 is 0 Å². The molecule has 0 spiro atoms. The van der Waals surface area contributed by atoms with Gasteiger partial charge in [0.2, 0.25) is 5.89 Å². The second kappa shape index (κ2) is 7.18. The van der Waals surface area contributed by atoms with E-state index in [9.17, 15) is 0 Å². The zero-order valence-electron chi connectivity index (χ0n) is 14.1. The lowest BCUT2D eigenvalue weighted by Gasteiger charge is -2.07. The molecular formula is C21H21NO2. The summed E-state index contributed by atoms with van der Waals surface area (Å²) < 4.78 is 11.6. The van der Waals surface area contributed by atoms with E-state index in [1.165, 1.54) is 0 Å². The van der Waals surface area contributed by atoms with Crippen molar-refractivity contribution in [1.82, 2.24) is 4.98 Å². The molecule has 0 aliphatic heterocycles. The minimum atomic E-state index is 0.557. The standard InChI is InChI=1S/C21H21NO2/c1-15(2)18-10-7-11-19(14-18)23-13-12-20-16(3)24-21(22-20)17-8-5-4-6-9-17/h4-11,14H,1,12-13H2,2-3H3. The van der Waals surface area contributed by atoms with Gasteiger partial charge in [-0.15, -0.1) is 0 Å². The molecule has 0 saturated carbocycles. The molecule has 1 aromatic heterocycles. The Kier molecular flexibility index (Phi) is 4.80. The average Bonchev–Trinajstić information content (AvgIpc) is 2.97. The molecule has 1 heterocycles. The molecule has 0 saturated heterocycles. The maximum absolute atomic E-state index is 5.85. The third kappa shape index (κ3) is 3.74. The van der Waals surface area contributed by atoms with Crippen LogP contribution in [0.3, 0.4) is 0 Å². The van der Waals surface area contributed by atoms with Crippen molar-refractivity contribution in [3.8, 4) is 17.2 Å². The van der Waals surface area contributed by atoms with Crippen molar-refractivity contribution in [2.75, 3.05) is 6.61 Å². The second-order valence-corrected chi connectivity index (χ2v) is 5.79. The number of hydrogen-bond donors (Lipinski definition) is 0. The highest BCUT2D eigenvalue weighted by atomic mass is 16.5. The van der Waals surface area contributed by atoms with E-state index in [1.54, 1.807) is 0 Å². The normalized spacial score (nSPS) is 10.6. The zero-order chi connectivity index (χ0) is 16.9. The summed E-state index contributed by atoms with van der Waals surface area (Å²) in [6.07, 6.45) is 0.708. The summed E-state index contributed by atoms with van der Waals surface area (Å²) >= 11 is 0. The molecule has 0 N–H and O–H groups in total. The van der Waals surface area contributed by atoms with E-state index in [1.807, 2.05) is 68.4 Å². The fourth-order valence-electron chi connectivity index (χ4n) is 2.48. The molecule has 2 aromatic carbocycles. The topological polar surface area (TPSA) is 35.3 Å². The van der Waals surface area contributed by atoms with E-state index < -0.39 is 0 Å². The Morgan fingerprint density at radius 3 is 2.67 bits per heavy atom. The van der Waals surface area contributed by atoms with Crippen LogP contribution in [0.2, 0.25) is 0 Å². The Bertz CT molecular complexity index is 834. The van der Waals surface area contributed by atoms with E-state index in [-0.39, 0.29) is 0 Å². The number of benzene rings is 2. The molecule has 0 bridgehead atoms. The predicted octanol–water partition coefficient (Wildman–Crippen LogP) is 5.30. The Balaban J connectivity index is 1.64. The summed E-state index contributed by atoms with van der Waals surface area (Å²) in [5.41, 5.74) is 4.05. The highest BCUT2D eigenvalue weighted by Crippen LogP contribution is 2.22. The van der Waals surface area contributed by atoms with Crippen molar-refractivity contribution >= 4 is 5.57 Å². The van der Waals surface area contributed by atoms with Gasteiger partial charge >= 0.3 is 0 Å². The molecule has 0 fully saturated rings. The van der Waals surface area contributed by atoms with Crippen molar-refractivity contribution in [3.63, 3.8) is 0 Å². The molecule has 3 heteroatoms. The van der Waals surface area contributed by atoms with E-state index in [0.29, 0.717) is 18.9 Å². The third-order valence-electron chi connectivity index (χ3n) is 3.85. The van der Waals surface area contributed by atoms with Crippen LogP contribution in [0.25, 0.3) is 17.0 Å². The van der Waals surface area contributed by atoms with Crippen LogP contribution in [0.15, 0.2) is 65.6 Å². The lowest BCUT2D eigenvalue weighted by atomic mass is 10.1. The van der Waals surface area contributed by atoms with Crippen molar-refractivity contribution in [2.45, 2.75) is 20.3 Å². The van der Waals surface area contributed by atoms with Gasteiger partial charge in [-0.05, 0) is 43.7 Å². The smallest absolute Gasteiger partial charge is 0.226 e. The van der Waals surface area contributed by atoms with Crippen LogP contribution in [0, 0.1) is 6.92 Å². The van der Waals surface area contributed by atoms with Crippen LogP contribution in [0.5, 0.6) is 5.75 Å². The Morgan fingerprint density at radius 2 is 1.92 bits per heavy atom. The molecule has 0 unspecified atom stereocenters. The monoisotopic (exact) mass is 319 g/mol. The van der Waals surface area contributed by atoms with Gasteiger partial charge in [0, 0.05) is 12.0 Å². The highest BCUT2D eigenvalue weighted by Gasteiger charge is 2.11. The molecule has 3 rings (SSSR count). The highest BCUT2D eigenvalue weighted by molar-refractivity contribution is 5.62. The fraction of sp³-hybridized carbons (Fsp3) is 0.190. The van der Waals surface area contributed by atoms with Crippen LogP contribution in [0.4, 0.5) is 0 Å². The van der Waals surface area contributed by atoms with Gasteiger partial charge in [0.25, 0.3) is 0 Å². The summed E-state index contributed by atoms with van der Waals surface area (Å²) in [5, 5.41) is 0. The van der Waals surface area contributed by atoms with E-state index in [4.69, 9.17) is 9.15 Å². The Hall–Kier alpha value is -2.81. The first-order chi connectivity index (χ1) is 11.6. The van der Waals surface area contributed by atoms with Crippen LogP contribution >= 0.6 is 0 Å². The third-order valence-corrected chi connectivity index (χ3v) is 3.85. The number of hydrogen-bond acceptors (Lipinski definition) is 3. The van der Waals surface area contributed by atoms with Crippen LogP contribution < -0.4 is 4.74 Å². The van der Waals surface area contributed by atoms with Gasteiger partial charge in [-0.2, -0.15) is 0 Å². The largest absolute Gasteiger partial charge is 0.493 e. The van der Waals surface area contributed by atoms with Crippen molar-refractivity contribution in [1.29, 1.82) is 0 Å². The number of nitrogens with zero attached hydrogens (tertiary/aromatic N) is 1. The maximum Gasteiger partial charge on any atom is 0.226 e. The first-order valence-electron chi connectivity index (χ1n) is 8.04. The van der Waals surface area contributed by atoms with Gasteiger partial charge in [0.1, 0.15) is 11.5 Å². The molecular weight excluding hydrogens is 298 g/mol. The summed E-state index contributed by atoms with van der Waals surface area (Å²) in [5.74, 6) is 2.35. The molecule has 122 valence electrons. The van der Waals surface area contributed by atoms with Gasteiger partial charge < -0.3 is 9.15 Å². The first-order valence-corrected chi connectivity index (χ1v) is 8.04. The lowest BCUT2D eigenvalue weighted by Crippen LogP contribution is -2.03. The molecule has 3 nitrogen and oxygen atoms in total. The number of ether oxygens (including phenoxy) is 1. The van der Waals surface area contributed by atoms with Crippen molar-refractivity contribution in [2.24, 2.45) is 0 Å².